The van der Waals surface area contributed by atoms with Gasteiger partial charge in [-0.1, -0.05) is 24.6 Å². The average Bonchev–Trinajstić information content (AvgIpc) is 2.44. The molecule has 112 valence electrons. The van der Waals surface area contributed by atoms with Gasteiger partial charge in [0.2, 0.25) is 0 Å². The van der Waals surface area contributed by atoms with E-state index < -0.39 is 23.5 Å². The lowest BCUT2D eigenvalue weighted by molar-refractivity contribution is 0.535. The molecule has 21 heavy (non-hydrogen) atoms. The van der Waals surface area contributed by atoms with Gasteiger partial charge in [0.25, 0.3) is 0 Å². The molecule has 0 bridgehead atoms. The summed E-state index contributed by atoms with van der Waals surface area (Å²) in [5.41, 5.74) is 1.14. The van der Waals surface area contributed by atoms with E-state index in [-0.39, 0.29) is 10.6 Å². The summed E-state index contributed by atoms with van der Waals surface area (Å²) in [5, 5.41) is 3.08. The molecule has 2 aromatic rings. The maximum atomic E-state index is 14.1. The van der Waals surface area contributed by atoms with Gasteiger partial charge in [-0.05, 0) is 42.8 Å². The Morgan fingerprint density at radius 2 is 1.76 bits per heavy atom. The SMILES string of the molecule is CCNC(c1ccc(Cl)c(F)c1)c1cc(C)c(F)cc1F. The Morgan fingerprint density at radius 1 is 1.05 bits per heavy atom. The van der Waals surface area contributed by atoms with Crippen molar-refractivity contribution in [2.24, 2.45) is 0 Å². The molecule has 0 amide bonds. The van der Waals surface area contributed by atoms with Crippen LogP contribution in [0, 0.1) is 24.4 Å². The first-order valence-corrected chi connectivity index (χ1v) is 6.95. The minimum atomic E-state index is -0.667. The molecule has 0 aliphatic carbocycles. The Bertz CT molecular complexity index is 658. The summed E-state index contributed by atoms with van der Waals surface area (Å²) in [6.07, 6.45) is 0. The van der Waals surface area contributed by atoms with Gasteiger partial charge in [-0.3, -0.25) is 0 Å². The molecular formula is C16H15ClF3N. The molecule has 1 N–H and O–H groups in total. The van der Waals surface area contributed by atoms with Crippen molar-refractivity contribution in [1.29, 1.82) is 0 Å². The molecule has 0 saturated carbocycles. The highest BCUT2D eigenvalue weighted by atomic mass is 35.5. The summed E-state index contributed by atoms with van der Waals surface area (Å²) in [4.78, 5) is 0. The van der Waals surface area contributed by atoms with E-state index in [0.29, 0.717) is 17.7 Å². The summed E-state index contributed by atoms with van der Waals surface area (Å²) >= 11 is 5.67. The van der Waals surface area contributed by atoms with Crippen LogP contribution in [0.25, 0.3) is 0 Å². The molecule has 1 nitrogen and oxygen atoms in total. The Labute approximate surface area is 126 Å². The van der Waals surface area contributed by atoms with Gasteiger partial charge in [-0.2, -0.15) is 0 Å². The molecule has 2 rings (SSSR count). The molecule has 0 heterocycles. The zero-order valence-electron chi connectivity index (χ0n) is 11.7. The normalized spacial score (nSPS) is 12.5. The first kappa shape index (κ1) is 15.9. The fourth-order valence-electron chi connectivity index (χ4n) is 2.20. The van der Waals surface area contributed by atoms with Gasteiger partial charge in [0.1, 0.15) is 17.5 Å². The quantitative estimate of drug-likeness (QED) is 0.857. The molecule has 5 heteroatoms. The van der Waals surface area contributed by atoms with Crippen LogP contribution in [0.5, 0.6) is 0 Å². The lowest BCUT2D eigenvalue weighted by Crippen LogP contribution is -2.23. The van der Waals surface area contributed by atoms with Gasteiger partial charge in [-0.15, -0.1) is 0 Å². The van der Waals surface area contributed by atoms with E-state index in [4.69, 9.17) is 11.6 Å². The van der Waals surface area contributed by atoms with E-state index in [1.54, 1.807) is 13.0 Å². The topological polar surface area (TPSA) is 12.0 Å². The number of hydrogen-bond donors (Lipinski definition) is 1. The van der Waals surface area contributed by atoms with Crippen LogP contribution >= 0.6 is 11.6 Å². The Kier molecular flexibility index (Phi) is 4.91. The Hall–Kier alpha value is -1.52. The third kappa shape index (κ3) is 3.39. The first-order valence-electron chi connectivity index (χ1n) is 6.58. The van der Waals surface area contributed by atoms with Crippen LogP contribution < -0.4 is 5.32 Å². The second-order valence-electron chi connectivity index (χ2n) is 4.79. The van der Waals surface area contributed by atoms with Crippen LogP contribution in [0.4, 0.5) is 13.2 Å². The zero-order valence-corrected chi connectivity index (χ0v) is 12.4. The van der Waals surface area contributed by atoms with E-state index >= 15 is 0 Å². The number of rotatable bonds is 4. The molecule has 0 aromatic heterocycles. The van der Waals surface area contributed by atoms with E-state index in [1.165, 1.54) is 18.2 Å². The van der Waals surface area contributed by atoms with Crippen LogP contribution in [0.15, 0.2) is 30.3 Å². The monoisotopic (exact) mass is 313 g/mol. The minimum absolute atomic E-state index is 0.00440. The van der Waals surface area contributed by atoms with Crippen molar-refractivity contribution in [3.8, 4) is 0 Å². The molecule has 0 radical (unpaired) electrons. The lowest BCUT2D eigenvalue weighted by atomic mass is 9.96. The van der Waals surface area contributed by atoms with Gasteiger partial charge in [0.15, 0.2) is 0 Å². The van der Waals surface area contributed by atoms with Crippen LogP contribution in [-0.4, -0.2) is 6.54 Å². The fourth-order valence-corrected chi connectivity index (χ4v) is 2.32. The standard InChI is InChI=1S/C16H15ClF3N/c1-3-21-16(10-4-5-12(17)15(20)7-10)11-6-9(2)13(18)8-14(11)19/h4-8,16,21H,3H2,1-2H3. The third-order valence-electron chi connectivity index (χ3n) is 3.27. The highest BCUT2D eigenvalue weighted by Gasteiger charge is 2.20. The van der Waals surface area contributed by atoms with Crippen molar-refractivity contribution in [1.82, 2.24) is 5.32 Å². The maximum Gasteiger partial charge on any atom is 0.142 e. The second-order valence-corrected chi connectivity index (χ2v) is 5.19. The highest BCUT2D eigenvalue weighted by Crippen LogP contribution is 2.28. The molecule has 0 aliphatic heterocycles. The number of halogens is 4. The lowest BCUT2D eigenvalue weighted by Gasteiger charge is -2.20. The van der Waals surface area contributed by atoms with Crippen molar-refractivity contribution in [3.05, 3.63) is 69.5 Å². The van der Waals surface area contributed by atoms with Crippen LogP contribution in [0.3, 0.4) is 0 Å². The molecule has 0 aliphatic rings. The fraction of sp³-hybridized carbons (Fsp3) is 0.250. The van der Waals surface area contributed by atoms with E-state index in [0.717, 1.165) is 6.07 Å². The third-order valence-corrected chi connectivity index (χ3v) is 3.58. The van der Waals surface area contributed by atoms with Crippen LogP contribution in [0.2, 0.25) is 5.02 Å². The van der Waals surface area contributed by atoms with Crippen molar-refractivity contribution < 1.29 is 13.2 Å². The average molecular weight is 314 g/mol. The highest BCUT2D eigenvalue weighted by molar-refractivity contribution is 6.30. The maximum absolute atomic E-state index is 14.1. The van der Waals surface area contributed by atoms with Crippen LogP contribution in [-0.2, 0) is 0 Å². The molecule has 1 atom stereocenters. The molecule has 0 spiro atoms. The minimum Gasteiger partial charge on any atom is -0.306 e. The molecule has 0 saturated heterocycles. The zero-order chi connectivity index (χ0) is 15.6. The summed E-state index contributed by atoms with van der Waals surface area (Å²) in [5.74, 6) is -1.84. The molecule has 2 aromatic carbocycles. The summed E-state index contributed by atoms with van der Waals surface area (Å²) in [6, 6.07) is 6.02. The van der Waals surface area contributed by atoms with Gasteiger partial charge < -0.3 is 5.32 Å². The van der Waals surface area contributed by atoms with E-state index in [2.05, 4.69) is 5.32 Å². The Morgan fingerprint density at radius 3 is 2.38 bits per heavy atom. The first-order chi connectivity index (χ1) is 9.93. The predicted octanol–water partition coefficient (Wildman–Crippen LogP) is 4.76. The molecule has 0 fully saturated rings. The van der Waals surface area contributed by atoms with Gasteiger partial charge in [0.05, 0.1) is 11.1 Å². The summed E-state index contributed by atoms with van der Waals surface area (Å²) < 4.78 is 41.1. The predicted molar refractivity (Wildman–Crippen MR) is 78.0 cm³/mol. The van der Waals surface area contributed by atoms with E-state index in [9.17, 15) is 13.2 Å². The number of aryl methyl sites for hydroxylation is 1. The smallest absolute Gasteiger partial charge is 0.142 e. The Balaban J connectivity index is 2.52. The number of hydrogen-bond acceptors (Lipinski definition) is 1. The number of nitrogens with one attached hydrogen (secondary N) is 1. The van der Waals surface area contributed by atoms with Crippen molar-refractivity contribution in [3.63, 3.8) is 0 Å². The van der Waals surface area contributed by atoms with Gasteiger partial charge in [-0.25, -0.2) is 13.2 Å². The van der Waals surface area contributed by atoms with Crippen molar-refractivity contribution in [2.75, 3.05) is 6.54 Å². The van der Waals surface area contributed by atoms with Crippen molar-refractivity contribution >= 4 is 11.6 Å². The molecular weight excluding hydrogens is 299 g/mol. The van der Waals surface area contributed by atoms with Crippen LogP contribution in [0.1, 0.15) is 29.7 Å². The number of benzene rings is 2. The van der Waals surface area contributed by atoms with Gasteiger partial charge in [0, 0.05) is 11.6 Å². The van der Waals surface area contributed by atoms with E-state index in [1.807, 2.05) is 6.92 Å². The largest absolute Gasteiger partial charge is 0.306 e. The summed E-state index contributed by atoms with van der Waals surface area (Å²) in [7, 11) is 0. The van der Waals surface area contributed by atoms with Crippen molar-refractivity contribution in [2.45, 2.75) is 19.9 Å². The second kappa shape index (κ2) is 6.50. The van der Waals surface area contributed by atoms with Gasteiger partial charge >= 0.3 is 0 Å². The summed E-state index contributed by atoms with van der Waals surface area (Å²) in [6.45, 7) is 3.96. The molecule has 1 unspecified atom stereocenters.